The number of hydrogen-bond acceptors (Lipinski definition) is 6. The molecule has 0 bridgehead atoms. The minimum atomic E-state index is -6.11. The number of ether oxygens (including phenoxy) is 1. The van der Waals surface area contributed by atoms with Crippen molar-refractivity contribution in [2.24, 2.45) is 7.05 Å². The first-order valence-electron chi connectivity index (χ1n) is 6.90. The highest BCUT2D eigenvalue weighted by Crippen LogP contribution is 2.34. The molecule has 0 amide bonds. The molecule has 1 heterocycles. The van der Waals surface area contributed by atoms with E-state index in [1.807, 2.05) is 0 Å². The van der Waals surface area contributed by atoms with Crippen molar-refractivity contribution in [1.29, 1.82) is 0 Å². The summed E-state index contributed by atoms with van der Waals surface area (Å²) in [5, 5.41) is -0.503. The van der Waals surface area contributed by atoms with E-state index in [1.165, 1.54) is 13.0 Å². The molecule has 0 radical (unpaired) electrons. The van der Waals surface area contributed by atoms with Gasteiger partial charge < -0.3 is 13.5 Å². The van der Waals surface area contributed by atoms with E-state index in [0.29, 0.717) is 4.57 Å². The number of alkyl halides is 3. The van der Waals surface area contributed by atoms with Crippen molar-refractivity contribution in [1.82, 2.24) is 4.57 Å². The first-order chi connectivity index (χ1) is 11.9. The highest BCUT2D eigenvalue weighted by atomic mass is 35.5. The molecule has 0 N–H and O–H groups in total. The number of aromatic nitrogens is 1. The van der Waals surface area contributed by atoms with E-state index in [4.69, 9.17) is 16.3 Å². The summed E-state index contributed by atoms with van der Waals surface area (Å²) in [6.07, 6.45) is 0. The van der Waals surface area contributed by atoms with Gasteiger partial charge in [0.05, 0.1) is 12.0 Å². The number of esters is 1. The van der Waals surface area contributed by atoms with Crippen molar-refractivity contribution in [3.05, 3.63) is 39.3 Å². The number of hydrogen-bond donors (Lipinski definition) is 0. The van der Waals surface area contributed by atoms with E-state index in [2.05, 4.69) is 4.18 Å². The van der Waals surface area contributed by atoms with Crippen molar-refractivity contribution >= 4 is 38.5 Å². The van der Waals surface area contributed by atoms with Gasteiger partial charge >= 0.3 is 21.6 Å². The Kier molecular flexibility index (Phi) is 5.24. The van der Waals surface area contributed by atoms with Crippen LogP contribution in [0, 0.1) is 0 Å². The number of carbonyl (C=O) groups excluding carboxylic acids is 1. The lowest BCUT2D eigenvalue weighted by atomic mass is 10.1. The Labute approximate surface area is 150 Å². The van der Waals surface area contributed by atoms with Crippen LogP contribution in [0.5, 0.6) is 5.75 Å². The Hall–Kier alpha value is -2.27. The molecule has 1 aromatic heterocycles. The molecule has 0 saturated heterocycles. The lowest BCUT2D eigenvalue weighted by molar-refractivity contribution is -0.0500. The topological polar surface area (TPSA) is 91.7 Å². The first kappa shape index (κ1) is 20.0. The van der Waals surface area contributed by atoms with Gasteiger partial charge in [-0.05, 0) is 25.1 Å². The molecule has 142 valence electrons. The molecule has 1 aromatic carbocycles. The van der Waals surface area contributed by atoms with Crippen LogP contribution in [0.1, 0.15) is 17.4 Å². The Morgan fingerprint density at radius 1 is 1.27 bits per heavy atom. The summed E-state index contributed by atoms with van der Waals surface area (Å²) in [5.41, 5.74) is -7.33. The molecule has 2 rings (SSSR count). The van der Waals surface area contributed by atoms with Gasteiger partial charge in [-0.3, -0.25) is 4.79 Å². The third kappa shape index (κ3) is 3.49. The van der Waals surface area contributed by atoms with Crippen molar-refractivity contribution in [3.8, 4) is 5.75 Å². The molecule has 7 nitrogen and oxygen atoms in total. The fourth-order valence-corrected chi connectivity index (χ4v) is 2.78. The SMILES string of the molecule is CCOC(=O)c1c(OS(=O)(=O)C(F)(F)F)c2ccc(Cl)cc2c(=O)n1C. The quantitative estimate of drug-likeness (QED) is 0.434. The zero-order chi connectivity index (χ0) is 19.9. The smallest absolute Gasteiger partial charge is 0.461 e. The summed E-state index contributed by atoms with van der Waals surface area (Å²) in [7, 11) is -5.05. The molecule has 0 unspecified atom stereocenters. The molecule has 0 saturated carbocycles. The molecule has 0 atom stereocenters. The largest absolute Gasteiger partial charge is 0.534 e. The van der Waals surface area contributed by atoms with Gasteiger partial charge in [-0.1, -0.05) is 11.6 Å². The second-order valence-corrected chi connectivity index (χ2v) is 6.91. The summed E-state index contributed by atoms with van der Waals surface area (Å²) in [5.74, 6) is -2.20. The predicted molar refractivity (Wildman–Crippen MR) is 85.8 cm³/mol. The molecule has 0 aliphatic heterocycles. The maximum Gasteiger partial charge on any atom is 0.534 e. The minimum absolute atomic E-state index is 0.0723. The maximum atomic E-state index is 12.7. The van der Waals surface area contributed by atoms with Gasteiger partial charge in [0.15, 0.2) is 11.4 Å². The second kappa shape index (κ2) is 6.80. The third-order valence-corrected chi connectivity index (χ3v) is 4.45. The summed E-state index contributed by atoms with van der Waals surface area (Å²) in [4.78, 5) is 24.5. The normalized spacial score (nSPS) is 12.2. The Balaban J connectivity index is 2.92. The highest BCUT2D eigenvalue weighted by Gasteiger charge is 2.49. The standard InChI is InChI=1S/C14H11ClF3NO6S/c1-3-24-13(21)10-11(25-26(22,23)14(16,17)18)8-5-4-7(15)6-9(8)12(20)19(10)2/h4-6H,3H2,1-2H3. The van der Waals surface area contributed by atoms with Gasteiger partial charge in [0, 0.05) is 17.5 Å². The monoisotopic (exact) mass is 413 g/mol. The molecular formula is C14H11ClF3NO6S. The summed E-state index contributed by atoms with van der Waals surface area (Å²) in [6.45, 7) is 1.25. The van der Waals surface area contributed by atoms with Crippen molar-refractivity contribution in [3.63, 3.8) is 0 Å². The molecule has 0 aliphatic rings. The van der Waals surface area contributed by atoms with Crippen LogP contribution in [-0.4, -0.2) is 31.1 Å². The Morgan fingerprint density at radius 3 is 2.42 bits per heavy atom. The lowest BCUT2D eigenvalue weighted by Crippen LogP contribution is -2.31. The molecule has 0 spiro atoms. The predicted octanol–water partition coefficient (Wildman–Crippen LogP) is 2.60. The van der Waals surface area contributed by atoms with Crippen LogP contribution in [0.2, 0.25) is 5.02 Å². The third-order valence-electron chi connectivity index (χ3n) is 3.26. The van der Waals surface area contributed by atoms with Gasteiger partial charge in [-0.25, -0.2) is 4.79 Å². The van der Waals surface area contributed by atoms with Crippen molar-refractivity contribution in [2.75, 3.05) is 6.61 Å². The van der Waals surface area contributed by atoms with Crippen LogP contribution < -0.4 is 9.74 Å². The van der Waals surface area contributed by atoms with Gasteiger partial charge in [0.2, 0.25) is 0 Å². The summed E-state index contributed by atoms with van der Waals surface area (Å²) < 4.78 is 70.6. The van der Waals surface area contributed by atoms with E-state index in [1.54, 1.807) is 0 Å². The van der Waals surface area contributed by atoms with Crippen LogP contribution in [-0.2, 0) is 21.9 Å². The maximum absolute atomic E-state index is 12.7. The van der Waals surface area contributed by atoms with E-state index in [9.17, 15) is 31.2 Å². The van der Waals surface area contributed by atoms with Crippen LogP contribution in [0.4, 0.5) is 13.2 Å². The molecular weight excluding hydrogens is 403 g/mol. The van der Waals surface area contributed by atoms with Gasteiger partial charge in [0.1, 0.15) is 0 Å². The van der Waals surface area contributed by atoms with Crippen LogP contribution in [0.15, 0.2) is 23.0 Å². The molecule has 0 aliphatic carbocycles. The van der Waals surface area contributed by atoms with Crippen molar-refractivity contribution < 1.29 is 35.3 Å². The Bertz CT molecular complexity index is 1050. The number of carbonyl (C=O) groups is 1. The van der Waals surface area contributed by atoms with Gasteiger partial charge in [-0.2, -0.15) is 21.6 Å². The summed E-state index contributed by atoms with van der Waals surface area (Å²) in [6, 6.07) is 3.38. The zero-order valence-electron chi connectivity index (χ0n) is 13.3. The average molecular weight is 414 g/mol. The average Bonchev–Trinajstić information content (AvgIpc) is 2.51. The number of nitrogens with zero attached hydrogens (tertiary/aromatic N) is 1. The number of benzene rings is 1. The van der Waals surface area contributed by atoms with Gasteiger partial charge in [-0.15, -0.1) is 0 Å². The molecule has 26 heavy (non-hydrogen) atoms. The molecule has 0 fully saturated rings. The molecule has 2 aromatic rings. The number of halogens is 4. The van der Waals surface area contributed by atoms with E-state index in [0.717, 1.165) is 19.2 Å². The van der Waals surface area contributed by atoms with Crippen molar-refractivity contribution in [2.45, 2.75) is 12.4 Å². The fraction of sp³-hybridized carbons (Fsp3) is 0.286. The van der Waals surface area contributed by atoms with Crippen LogP contribution in [0.3, 0.4) is 0 Å². The first-order valence-corrected chi connectivity index (χ1v) is 8.69. The number of fused-ring (bicyclic) bond motifs is 1. The molecule has 12 heteroatoms. The number of rotatable bonds is 4. The zero-order valence-corrected chi connectivity index (χ0v) is 14.8. The second-order valence-electron chi connectivity index (χ2n) is 4.94. The minimum Gasteiger partial charge on any atom is -0.461 e. The van der Waals surface area contributed by atoms with E-state index >= 15 is 0 Å². The summed E-state index contributed by atoms with van der Waals surface area (Å²) >= 11 is 5.77. The van der Waals surface area contributed by atoms with Gasteiger partial charge in [0.25, 0.3) is 5.56 Å². The fourth-order valence-electron chi connectivity index (χ4n) is 2.12. The highest BCUT2D eigenvalue weighted by molar-refractivity contribution is 7.88. The van der Waals surface area contributed by atoms with E-state index in [-0.39, 0.29) is 22.4 Å². The van der Waals surface area contributed by atoms with Crippen LogP contribution in [0.25, 0.3) is 10.8 Å². The van der Waals surface area contributed by atoms with E-state index < -0.39 is 38.6 Å². The number of pyridine rings is 1. The lowest BCUT2D eigenvalue weighted by Gasteiger charge is -2.17. The van der Waals surface area contributed by atoms with Crippen LogP contribution >= 0.6 is 11.6 Å². The Morgan fingerprint density at radius 2 is 1.88 bits per heavy atom.